The van der Waals surface area contributed by atoms with E-state index in [2.05, 4.69) is 4.98 Å². The van der Waals surface area contributed by atoms with E-state index >= 15 is 0 Å². The Bertz CT molecular complexity index is 549. The summed E-state index contributed by atoms with van der Waals surface area (Å²) in [5.41, 5.74) is 0. The maximum atomic E-state index is 10.6. The standard InChI is InChI=1S/C16H25NO6S/c1-15(2)20-8-11(21-15)13-12(22-16(3,4)23-13)9(18)7-10(19)14-17-5-6-24-14/h5-6,9-13,18-19H,7-8H2,1-4H3/t9-,10+,11-,12-,13-/m1/s1. The lowest BCUT2D eigenvalue weighted by atomic mass is 9.99. The van der Waals surface area contributed by atoms with Crippen molar-refractivity contribution in [3.8, 4) is 0 Å². The van der Waals surface area contributed by atoms with Crippen molar-refractivity contribution in [1.29, 1.82) is 0 Å². The highest BCUT2D eigenvalue weighted by Gasteiger charge is 2.52. The fourth-order valence-electron chi connectivity index (χ4n) is 3.14. The van der Waals surface area contributed by atoms with E-state index in [1.807, 2.05) is 13.8 Å². The summed E-state index contributed by atoms with van der Waals surface area (Å²) < 4.78 is 23.3. The van der Waals surface area contributed by atoms with Crippen molar-refractivity contribution >= 4 is 11.3 Å². The van der Waals surface area contributed by atoms with Gasteiger partial charge in [-0.25, -0.2) is 4.98 Å². The molecule has 0 spiro atoms. The number of aromatic nitrogens is 1. The zero-order valence-corrected chi connectivity index (χ0v) is 15.2. The average molecular weight is 359 g/mol. The largest absolute Gasteiger partial charge is 0.390 e. The van der Waals surface area contributed by atoms with Crippen LogP contribution < -0.4 is 0 Å². The quantitative estimate of drug-likeness (QED) is 0.825. The average Bonchev–Trinajstić information content (AvgIpc) is 3.17. The summed E-state index contributed by atoms with van der Waals surface area (Å²) in [6, 6.07) is 0. The Kier molecular flexibility index (Phi) is 5.00. The molecule has 2 N–H and O–H groups in total. The molecule has 3 heterocycles. The van der Waals surface area contributed by atoms with E-state index < -0.39 is 36.0 Å². The molecule has 1 aromatic heterocycles. The summed E-state index contributed by atoms with van der Waals surface area (Å²) >= 11 is 1.35. The number of rotatable bonds is 5. The first kappa shape index (κ1) is 18.2. The van der Waals surface area contributed by atoms with Crippen LogP contribution in [0.4, 0.5) is 0 Å². The molecule has 5 atom stereocenters. The van der Waals surface area contributed by atoms with E-state index in [-0.39, 0.29) is 12.5 Å². The van der Waals surface area contributed by atoms with Gasteiger partial charge in [-0.1, -0.05) is 0 Å². The van der Waals surface area contributed by atoms with Crippen LogP contribution in [0.1, 0.15) is 45.2 Å². The minimum absolute atomic E-state index is 0.116. The van der Waals surface area contributed by atoms with Crippen molar-refractivity contribution in [2.45, 2.75) is 76.2 Å². The lowest BCUT2D eigenvalue weighted by Gasteiger charge is -2.27. The van der Waals surface area contributed by atoms with E-state index in [0.717, 1.165) is 0 Å². The first-order valence-corrected chi connectivity index (χ1v) is 8.98. The van der Waals surface area contributed by atoms with Crippen molar-refractivity contribution in [1.82, 2.24) is 4.98 Å². The molecule has 1 aromatic rings. The van der Waals surface area contributed by atoms with Gasteiger partial charge in [-0.2, -0.15) is 0 Å². The Balaban J connectivity index is 1.69. The second-order valence-corrected chi connectivity index (χ2v) is 8.05. The number of aliphatic hydroxyl groups excluding tert-OH is 2. The maximum absolute atomic E-state index is 10.6. The van der Waals surface area contributed by atoms with Crippen LogP contribution in [0, 0.1) is 0 Å². The normalized spacial score (nSPS) is 34.3. The first-order valence-electron chi connectivity index (χ1n) is 8.10. The lowest BCUT2D eigenvalue weighted by molar-refractivity contribution is -0.175. The van der Waals surface area contributed by atoms with Gasteiger partial charge in [0, 0.05) is 18.0 Å². The topological polar surface area (TPSA) is 90.3 Å². The molecule has 8 heteroatoms. The van der Waals surface area contributed by atoms with Crippen molar-refractivity contribution in [3.05, 3.63) is 16.6 Å². The summed E-state index contributed by atoms with van der Waals surface area (Å²) in [5, 5.41) is 23.2. The molecule has 0 bridgehead atoms. The Hall–Kier alpha value is -0.610. The monoisotopic (exact) mass is 359 g/mol. The van der Waals surface area contributed by atoms with Gasteiger partial charge < -0.3 is 29.2 Å². The van der Waals surface area contributed by atoms with Crippen molar-refractivity contribution in [2.24, 2.45) is 0 Å². The third kappa shape index (κ3) is 3.96. The van der Waals surface area contributed by atoms with Crippen molar-refractivity contribution < 1.29 is 29.2 Å². The van der Waals surface area contributed by atoms with Gasteiger partial charge in [0.25, 0.3) is 0 Å². The van der Waals surface area contributed by atoms with E-state index in [4.69, 9.17) is 18.9 Å². The van der Waals surface area contributed by atoms with Crippen LogP contribution in [-0.4, -0.2) is 57.8 Å². The van der Waals surface area contributed by atoms with Crippen LogP contribution in [0.25, 0.3) is 0 Å². The van der Waals surface area contributed by atoms with Crippen LogP contribution >= 0.6 is 11.3 Å². The summed E-state index contributed by atoms with van der Waals surface area (Å²) in [5.74, 6) is -1.52. The third-order valence-corrected chi connectivity index (χ3v) is 5.02. The number of nitrogens with zero attached hydrogens (tertiary/aromatic N) is 1. The predicted octanol–water partition coefficient (Wildman–Crippen LogP) is 1.60. The molecular weight excluding hydrogens is 334 g/mol. The van der Waals surface area contributed by atoms with Crippen molar-refractivity contribution in [3.63, 3.8) is 0 Å². The number of ether oxygens (including phenoxy) is 4. The molecule has 3 rings (SSSR count). The number of aliphatic hydroxyl groups is 2. The van der Waals surface area contributed by atoms with Crippen LogP contribution in [0.5, 0.6) is 0 Å². The SMILES string of the molecule is CC1(C)O[C@H]([C@H](O)C[C@H](O)c2nccs2)[C@@H]([C@H]2COC(C)(C)O2)O1. The van der Waals surface area contributed by atoms with Gasteiger partial charge in [-0.05, 0) is 27.7 Å². The van der Waals surface area contributed by atoms with Gasteiger partial charge in [-0.3, -0.25) is 0 Å². The van der Waals surface area contributed by atoms with E-state index in [9.17, 15) is 10.2 Å². The second kappa shape index (κ2) is 6.60. The molecule has 2 aliphatic heterocycles. The molecule has 0 radical (unpaired) electrons. The van der Waals surface area contributed by atoms with Gasteiger partial charge in [-0.15, -0.1) is 11.3 Å². The van der Waals surface area contributed by atoms with Gasteiger partial charge >= 0.3 is 0 Å². The molecule has 2 fully saturated rings. The number of thiazole rings is 1. The highest BCUT2D eigenvalue weighted by atomic mass is 32.1. The Morgan fingerprint density at radius 3 is 2.54 bits per heavy atom. The van der Waals surface area contributed by atoms with Crippen LogP contribution in [-0.2, 0) is 18.9 Å². The lowest BCUT2D eigenvalue weighted by Crippen LogP contribution is -2.44. The number of hydrogen-bond donors (Lipinski definition) is 2. The molecule has 136 valence electrons. The Morgan fingerprint density at radius 2 is 1.96 bits per heavy atom. The molecular formula is C16H25NO6S. The molecule has 24 heavy (non-hydrogen) atoms. The Morgan fingerprint density at radius 1 is 1.21 bits per heavy atom. The molecule has 2 aliphatic rings. The van der Waals surface area contributed by atoms with E-state index in [1.165, 1.54) is 11.3 Å². The summed E-state index contributed by atoms with van der Waals surface area (Å²) in [7, 11) is 0. The third-order valence-electron chi connectivity index (χ3n) is 4.14. The van der Waals surface area contributed by atoms with Gasteiger partial charge in [0.1, 0.15) is 29.4 Å². The maximum Gasteiger partial charge on any atom is 0.164 e. The highest BCUT2D eigenvalue weighted by molar-refractivity contribution is 7.09. The van der Waals surface area contributed by atoms with Crippen LogP contribution in [0.2, 0.25) is 0 Å². The fraction of sp³-hybridized carbons (Fsp3) is 0.812. The molecule has 0 aromatic carbocycles. The molecule has 0 unspecified atom stereocenters. The minimum atomic E-state index is -0.914. The van der Waals surface area contributed by atoms with Crippen LogP contribution in [0.3, 0.4) is 0 Å². The molecule has 0 saturated carbocycles. The zero-order valence-electron chi connectivity index (χ0n) is 14.3. The summed E-state index contributed by atoms with van der Waals surface area (Å²) in [6.07, 6.45) is -1.43. The smallest absolute Gasteiger partial charge is 0.164 e. The van der Waals surface area contributed by atoms with Gasteiger partial charge in [0.2, 0.25) is 0 Å². The van der Waals surface area contributed by atoms with Crippen LogP contribution in [0.15, 0.2) is 11.6 Å². The van der Waals surface area contributed by atoms with Gasteiger partial charge in [0.05, 0.1) is 12.7 Å². The molecule has 0 amide bonds. The summed E-state index contributed by atoms with van der Waals surface area (Å²) in [4.78, 5) is 4.08. The number of hydrogen-bond acceptors (Lipinski definition) is 8. The molecule has 7 nitrogen and oxygen atoms in total. The predicted molar refractivity (Wildman–Crippen MR) is 86.4 cm³/mol. The first-order chi connectivity index (χ1) is 11.2. The van der Waals surface area contributed by atoms with E-state index in [0.29, 0.717) is 11.6 Å². The Labute approximate surface area is 145 Å². The minimum Gasteiger partial charge on any atom is -0.390 e. The van der Waals surface area contributed by atoms with Gasteiger partial charge in [0.15, 0.2) is 11.6 Å². The highest BCUT2D eigenvalue weighted by Crippen LogP contribution is 2.38. The second-order valence-electron chi connectivity index (χ2n) is 7.12. The van der Waals surface area contributed by atoms with E-state index in [1.54, 1.807) is 25.4 Å². The molecule has 0 aliphatic carbocycles. The fourth-order valence-corrected chi connectivity index (χ4v) is 3.78. The summed E-state index contributed by atoms with van der Waals surface area (Å²) in [6.45, 7) is 7.64. The zero-order chi connectivity index (χ0) is 17.5. The van der Waals surface area contributed by atoms with Crippen molar-refractivity contribution in [2.75, 3.05) is 6.61 Å². The molecule has 2 saturated heterocycles.